The minimum atomic E-state index is -0.0614. The predicted molar refractivity (Wildman–Crippen MR) is 60.4 cm³/mol. The summed E-state index contributed by atoms with van der Waals surface area (Å²) in [6.45, 7) is 3.23. The number of nitrogens with one attached hydrogen (secondary N) is 1. The average Bonchev–Trinajstić information content (AvgIpc) is 2.18. The summed E-state index contributed by atoms with van der Waals surface area (Å²) in [7, 11) is 0. The van der Waals surface area contributed by atoms with Crippen LogP contribution in [0.3, 0.4) is 0 Å². The Morgan fingerprint density at radius 3 is 3.00 bits per heavy atom. The lowest BCUT2D eigenvalue weighted by molar-refractivity contribution is 0.103. The Hall–Kier alpha value is -0.0500. The van der Waals surface area contributed by atoms with Crippen LogP contribution in [-0.2, 0) is 0 Å². The van der Waals surface area contributed by atoms with Gasteiger partial charge in [0, 0.05) is 17.6 Å². The molecule has 0 bridgehead atoms. The summed E-state index contributed by atoms with van der Waals surface area (Å²) in [5.74, 6) is 0.711. The Labute approximate surface area is 91.3 Å². The van der Waals surface area contributed by atoms with Gasteiger partial charge in [0.15, 0.2) is 0 Å². The van der Waals surface area contributed by atoms with Crippen molar-refractivity contribution in [2.24, 2.45) is 5.92 Å². The Bertz CT molecular complexity index is 196. The highest BCUT2D eigenvalue weighted by Gasteiger charge is 2.33. The molecule has 3 heteroatoms. The molecule has 0 aromatic heterocycles. The second kappa shape index (κ2) is 5.74. The van der Waals surface area contributed by atoms with Crippen molar-refractivity contribution in [1.29, 1.82) is 0 Å². The Morgan fingerprint density at radius 2 is 2.43 bits per heavy atom. The van der Waals surface area contributed by atoms with E-state index < -0.39 is 0 Å². The quantitative estimate of drug-likeness (QED) is 0.758. The lowest BCUT2D eigenvalue weighted by Gasteiger charge is -2.39. The fourth-order valence-corrected chi connectivity index (χ4v) is 2.43. The fraction of sp³-hybridized carbons (Fsp3) is 0.818. The molecule has 0 aromatic rings. The van der Waals surface area contributed by atoms with E-state index in [4.69, 9.17) is 11.6 Å². The highest BCUT2D eigenvalue weighted by Crippen LogP contribution is 2.31. The van der Waals surface area contributed by atoms with Gasteiger partial charge in [-0.1, -0.05) is 37.4 Å². The van der Waals surface area contributed by atoms with Crippen LogP contribution < -0.4 is 5.32 Å². The molecular weight excluding hydrogens is 198 g/mol. The Morgan fingerprint density at radius 1 is 1.64 bits per heavy atom. The van der Waals surface area contributed by atoms with Gasteiger partial charge in [-0.2, -0.15) is 0 Å². The van der Waals surface area contributed by atoms with E-state index in [0.717, 1.165) is 19.4 Å². The summed E-state index contributed by atoms with van der Waals surface area (Å²) >= 11 is 5.45. The largest absolute Gasteiger partial charge is 0.394 e. The van der Waals surface area contributed by atoms with E-state index in [1.165, 1.54) is 18.4 Å². The van der Waals surface area contributed by atoms with Crippen molar-refractivity contribution in [3.8, 4) is 0 Å². The fourth-order valence-electron chi connectivity index (χ4n) is 2.34. The summed E-state index contributed by atoms with van der Waals surface area (Å²) in [5.41, 5.74) is 1.46. The molecule has 1 rings (SSSR count). The molecule has 1 saturated carbocycles. The first-order valence-electron chi connectivity index (χ1n) is 5.33. The normalized spacial score (nSPS) is 33.8. The summed E-state index contributed by atoms with van der Waals surface area (Å²) in [4.78, 5) is 0. The van der Waals surface area contributed by atoms with Gasteiger partial charge < -0.3 is 10.4 Å². The monoisotopic (exact) mass is 217 g/mol. The molecule has 0 amide bonds. The molecule has 2 nitrogen and oxygen atoms in total. The van der Waals surface area contributed by atoms with E-state index in [0.29, 0.717) is 5.92 Å². The first-order valence-corrected chi connectivity index (χ1v) is 5.77. The van der Waals surface area contributed by atoms with E-state index in [9.17, 15) is 5.11 Å². The van der Waals surface area contributed by atoms with Crippen LogP contribution in [0.15, 0.2) is 11.6 Å². The van der Waals surface area contributed by atoms with Gasteiger partial charge in [-0.25, -0.2) is 0 Å². The molecule has 0 aromatic carbocycles. The van der Waals surface area contributed by atoms with E-state index in [1.807, 2.05) is 6.08 Å². The number of hydrogen-bond acceptors (Lipinski definition) is 2. The molecule has 1 fully saturated rings. The van der Waals surface area contributed by atoms with E-state index in [1.54, 1.807) is 0 Å². The maximum atomic E-state index is 9.44. The van der Waals surface area contributed by atoms with Crippen molar-refractivity contribution >= 4 is 11.6 Å². The van der Waals surface area contributed by atoms with Crippen LogP contribution in [0.2, 0.25) is 0 Å². The smallest absolute Gasteiger partial charge is 0.0613 e. The summed E-state index contributed by atoms with van der Waals surface area (Å²) in [6, 6.07) is 0. The number of rotatable bonds is 4. The number of aliphatic hydroxyl groups is 1. The lowest BCUT2D eigenvalue weighted by Crippen LogP contribution is -2.51. The molecule has 1 aliphatic rings. The Kier molecular flexibility index (Phi) is 4.93. The van der Waals surface area contributed by atoms with E-state index in [-0.39, 0.29) is 12.1 Å². The van der Waals surface area contributed by atoms with Crippen molar-refractivity contribution in [2.45, 2.75) is 38.1 Å². The number of hydrogen-bond donors (Lipinski definition) is 2. The molecule has 0 aliphatic heterocycles. The van der Waals surface area contributed by atoms with Crippen LogP contribution in [0, 0.1) is 5.92 Å². The van der Waals surface area contributed by atoms with Crippen LogP contribution in [0.25, 0.3) is 0 Å². The van der Waals surface area contributed by atoms with Crippen LogP contribution in [0.1, 0.15) is 32.6 Å². The van der Waals surface area contributed by atoms with Crippen LogP contribution in [-0.4, -0.2) is 23.8 Å². The van der Waals surface area contributed by atoms with Crippen molar-refractivity contribution in [2.75, 3.05) is 13.2 Å². The number of halogens is 1. The molecule has 1 aliphatic carbocycles. The standard InChI is InChI=1S/C11H20ClNO/c1-10-4-2-5-11(8-10,9-14)13-7-3-6-12/h3,6,10,13-14H,2,4-5,7-9H2,1H3/b6-3+. The van der Waals surface area contributed by atoms with Gasteiger partial charge in [-0.05, 0) is 18.8 Å². The summed E-state index contributed by atoms with van der Waals surface area (Å²) in [6.07, 6.45) is 6.51. The zero-order valence-corrected chi connectivity index (χ0v) is 9.56. The molecule has 14 heavy (non-hydrogen) atoms. The predicted octanol–water partition coefficient (Wildman–Crippen LogP) is 2.27. The molecule has 2 N–H and O–H groups in total. The van der Waals surface area contributed by atoms with Crippen LogP contribution in [0.4, 0.5) is 0 Å². The maximum absolute atomic E-state index is 9.44. The highest BCUT2D eigenvalue weighted by atomic mass is 35.5. The third-order valence-electron chi connectivity index (χ3n) is 3.08. The zero-order chi connectivity index (χ0) is 10.4. The highest BCUT2D eigenvalue weighted by molar-refractivity contribution is 6.25. The first-order chi connectivity index (χ1) is 6.72. The van der Waals surface area contributed by atoms with E-state index >= 15 is 0 Å². The third kappa shape index (κ3) is 3.26. The van der Waals surface area contributed by atoms with Gasteiger partial charge in [0.2, 0.25) is 0 Å². The van der Waals surface area contributed by atoms with Gasteiger partial charge in [0.25, 0.3) is 0 Å². The minimum Gasteiger partial charge on any atom is -0.394 e. The molecule has 0 radical (unpaired) electrons. The molecule has 82 valence electrons. The molecule has 0 saturated heterocycles. The Balaban J connectivity index is 2.47. The molecule has 0 heterocycles. The molecule has 2 atom stereocenters. The van der Waals surface area contributed by atoms with Crippen molar-refractivity contribution in [1.82, 2.24) is 5.32 Å². The SMILES string of the molecule is CC1CCCC(CO)(NC/C=C/Cl)C1. The van der Waals surface area contributed by atoms with Gasteiger partial charge >= 0.3 is 0 Å². The third-order valence-corrected chi connectivity index (χ3v) is 3.26. The second-order valence-electron chi connectivity index (χ2n) is 4.38. The lowest BCUT2D eigenvalue weighted by atomic mass is 9.77. The van der Waals surface area contributed by atoms with Crippen LogP contribution in [0.5, 0.6) is 0 Å². The number of aliphatic hydroxyl groups excluding tert-OH is 1. The topological polar surface area (TPSA) is 32.3 Å². The maximum Gasteiger partial charge on any atom is 0.0613 e. The average molecular weight is 218 g/mol. The summed E-state index contributed by atoms with van der Waals surface area (Å²) in [5, 5.41) is 12.8. The molecular formula is C11H20ClNO. The summed E-state index contributed by atoms with van der Waals surface area (Å²) < 4.78 is 0. The van der Waals surface area contributed by atoms with Crippen molar-refractivity contribution in [3.63, 3.8) is 0 Å². The van der Waals surface area contributed by atoms with Crippen molar-refractivity contribution in [3.05, 3.63) is 11.6 Å². The second-order valence-corrected chi connectivity index (χ2v) is 4.63. The van der Waals surface area contributed by atoms with Gasteiger partial charge in [-0.3, -0.25) is 0 Å². The minimum absolute atomic E-state index is 0.0614. The van der Waals surface area contributed by atoms with Gasteiger partial charge in [0.1, 0.15) is 0 Å². The van der Waals surface area contributed by atoms with Gasteiger partial charge in [0.05, 0.1) is 6.61 Å². The zero-order valence-electron chi connectivity index (χ0n) is 8.80. The first kappa shape index (κ1) is 12.0. The molecule has 0 spiro atoms. The van der Waals surface area contributed by atoms with Crippen molar-refractivity contribution < 1.29 is 5.11 Å². The van der Waals surface area contributed by atoms with Crippen LogP contribution >= 0.6 is 11.6 Å². The van der Waals surface area contributed by atoms with Gasteiger partial charge in [-0.15, -0.1) is 0 Å². The van der Waals surface area contributed by atoms with E-state index in [2.05, 4.69) is 12.2 Å². The molecule has 2 unspecified atom stereocenters.